The number of rotatable bonds is 5. The third-order valence-corrected chi connectivity index (χ3v) is 14.1. The Kier molecular flexibility index (Phi) is 7.97. The first kappa shape index (κ1) is 37.8. The Morgan fingerprint density at radius 3 is 1.25 bits per heavy atom. The van der Waals surface area contributed by atoms with Gasteiger partial charge in [-0.05, 0) is 118 Å². The third kappa shape index (κ3) is 5.63. The monoisotopic (exact) mass is 879 g/mol. The molecule has 0 aliphatic rings. The van der Waals surface area contributed by atoms with Crippen molar-refractivity contribution in [3.8, 4) is 45.5 Å². The molecular formula is C63H37N5O. The molecule has 0 spiro atoms. The fourth-order valence-corrected chi connectivity index (χ4v) is 11.1. The van der Waals surface area contributed by atoms with Crippen LogP contribution in [-0.2, 0) is 0 Å². The maximum absolute atomic E-state index is 6.65. The SMILES string of the molecule is c1ccc(-n2c3ccccc3c3cc(-c4nc(-c5ccc6c(c5)c5ccccc5c5c6ccc6c7ccccc7oc65)nc(-c5ccc6c(c5)c5ccccc5n6-c5ccccc5)n4)ccc32)cc1. The molecule has 11 aromatic carbocycles. The Labute approximate surface area is 394 Å². The molecule has 0 saturated heterocycles. The van der Waals surface area contributed by atoms with Gasteiger partial charge in [0.2, 0.25) is 0 Å². The van der Waals surface area contributed by atoms with E-state index in [1.165, 1.54) is 10.8 Å². The van der Waals surface area contributed by atoms with Crippen LogP contribution in [0.1, 0.15) is 0 Å². The summed E-state index contributed by atoms with van der Waals surface area (Å²) in [7, 11) is 0. The first-order valence-corrected chi connectivity index (χ1v) is 23.3. The third-order valence-electron chi connectivity index (χ3n) is 14.1. The predicted octanol–water partition coefficient (Wildman–Crippen LogP) is 16.4. The summed E-state index contributed by atoms with van der Waals surface area (Å²) >= 11 is 0. The summed E-state index contributed by atoms with van der Waals surface area (Å²) in [5, 5.41) is 13.7. The Morgan fingerprint density at radius 2 is 0.667 bits per heavy atom. The van der Waals surface area contributed by atoms with Gasteiger partial charge >= 0.3 is 0 Å². The highest BCUT2D eigenvalue weighted by Gasteiger charge is 2.21. The number of nitrogens with zero attached hydrogens (tertiary/aromatic N) is 5. The highest BCUT2D eigenvalue weighted by Crippen LogP contribution is 2.43. The summed E-state index contributed by atoms with van der Waals surface area (Å²) in [6.45, 7) is 0. The summed E-state index contributed by atoms with van der Waals surface area (Å²) in [4.78, 5) is 16.1. The van der Waals surface area contributed by atoms with Gasteiger partial charge in [-0.1, -0.05) is 133 Å². The van der Waals surface area contributed by atoms with Gasteiger partial charge in [0.05, 0.1) is 22.1 Å². The van der Waals surface area contributed by atoms with Gasteiger partial charge in [-0.15, -0.1) is 0 Å². The molecule has 0 saturated carbocycles. The number of hydrogen-bond donors (Lipinski definition) is 0. The standard InChI is InChI=1S/C63H37N5O/c1-3-15-41(16-4-1)67-54-24-12-9-20-45(54)52-36-39(28-33-56(52)67)62-64-61(65-63(66-62)40-29-34-57-53(37-40)46-21-10-13-25-55(46)68(57)42-17-5-2-6-18-42)38-27-30-44-49-31-32-50-47-22-11-14-26-58(47)69-60(50)59(49)48-23-8-7-19-43(48)51(44)35-38/h1-37H. The maximum Gasteiger partial charge on any atom is 0.164 e. The molecule has 320 valence electrons. The molecule has 0 unspecified atom stereocenters. The summed E-state index contributed by atoms with van der Waals surface area (Å²) in [6.07, 6.45) is 0. The number of benzene rings is 11. The molecule has 0 atom stereocenters. The van der Waals surface area contributed by atoms with Gasteiger partial charge in [0, 0.05) is 65.8 Å². The summed E-state index contributed by atoms with van der Waals surface area (Å²) in [6, 6.07) is 79.6. The molecule has 15 rings (SSSR count). The topological polar surface area (TPSA) is 61.7 Å². The normalized spacial score (nSPS) is 12.1. The van der Waals surface area contributed by atoms with Gasteiger partial charge in [0.1, 0.15) is 11.2 Å². The number of fused-ring (bicyclic) bond motifs is 16. The fraction of sp³-hybridized carbons (Fsp3) is 0. The zero-order valence-corrected chi connectivity index (χ0v) is 37.0. The second kappa shape index (κ2) is 14.6. The van der Waals surface area contributed by atoms with Gasteiger partial charge in [0.25, 0.3) is 0 Å². The second-order valence-electron chi connectivity index (χ2n) is 17.9. The maximum atomic E-state index is 6.65. The van der Waals surface area contributed by atoms with Gasteiger partial charge < -0.3 is 13.6 Å². The molecule has 0 bridgehead atoms. The van der Waals surface area contributed by atoms with Crippen molar-refractivity contribution in [1.82, 2.24) is 24.1 Å². The molecule has 6 heteroatoms. The van der Waals surface area contributed by atoms with Crippen molar-refractivity contribution in [2.45, 2.75) is 0 Å². The van der Waals surface area contributed by atoms with E-state index in [4.69, 9.17) is 19.4 Å². The molecule has 15 aromatic rings. The van der Waals surface area contributed by atoms with E-state index in [9.17, 15) is 0 Å². The minimum atomic E-state index is 0.604. The Morgan fingerprint density at radius 1 is 0.275 bits per heavy atom. The molecule has 0 radical (unpaired) electrons. The number of aromatic nitrogens is 5. The second-order valence-corrected chi connectivity index (χ2v) is 17.9. The van der Waals surface area contributed by atoms with E-state index in [1.807, 2.05) is 6.07 Å². The lowest BCUT2D eigenvalue weighted by Gasteiger charge is -2.13. The Hall–Kier alpha value is -9.39. The van der Waals surface area contributed by atoms with Crippen molar-refractivity contribution in [2.24, 2.45) is 0 Å². The number of hydrogen-bond acceptors (Lipinski definition) is 4. The van der Waals surface area contributed by atoms with Gasteiger partial charge in [0.15, 0.2) is 17.5 Å². The van der Waals surface area contributed by atoms with E-state index in [0.717, 1.165) is 115 Å². The summed E-state index contributed by atoms with van der Waals surface area (Å²) in [5.41, 5.74) is 11.3. The van der Waals surface area contributed by atoms with Crippen molar-refractivity contribution in [3.63, 3.8) is 0 Å². The van der Waals surface area contributed by atoms with Crippen molar-refractivity contribution in [3.05, 3.63) is 224 Å². The first-order valence-electron chi connectivity index (χ1n) is 23.3. The van der Waals surface area contributed by atoms with Crippen molar-refractivity contribution in [2.75, 3.05) is 0 Å². The van der Waals surface area contributed by atoms with E-state index < -0.39 is 0 Å². The highest BCUT2D eigenvalue weighted by molar-refractivity contribution is 6.32. The van der Waals surface area contributed by atoms with Crippen LogP contribution in [0, 0.1) is 0 Å². The average molecular weight is 880 g/mol. The lowest BCUT2D eigenvalue weighted by molar-refractivity contribution is 0.673. The zero-order valence-electron chi connectivity index (χ0n) is 37.0. The lowest BCUT2D eigenvalue weighted by Crippen LogP contribution is -2.00. The fourth-order valence-electron chi connectivity index (χ4n) is 11.1. The van der Waals surface area contributed by atoms with Crippen LogP contribution in [0.5, 0.6) is 0 Å². The van der Waals surface area contributed by atoms with Crippen LogP contribution in [0.2, 0.25) is 0 Å². The molecule has 0 aliphatic heterocycles. The molecule has 4 heterocycles. The Bertz CT molecular complexity index is 4410. The molecule has 69 heavy (non-hydrogen) atoms. The van der Waals surface area contributed by atoms with Crippen LogP contribution in [0.3, 0.4) is 0 Å². The van der Waals surface area contributed by atoms with E-state index >= 15 is 0 Å². The lowest BCUT2D eigenvalue weighted by atomic mass is 9.92. The van der Waals surface area contributed by atoms with Gasteiger partial charge in [-0.2, -0.15) is 0 Å². The smallest absolute Gasteiger partial charge is 0.164 e. The molecule has 4 aromatic heterocycles. The van der Waals surface area contributed by atoms with Gasteiger partial charge in [-0.25, -0.2) is 15.0 Å². The molecule has 0 amide bonds. The molecule has 0 aliphatic carbocycles. The highest BCUT2D eigenvalue weighted by atomic mass is 16.3. The van der Waals surface area contributed by atoms with Crippen LogP contribution in [0.25, 0.3) is 143 Å². The first-order chi connectivity index (χ1) is 34.2. The minimum absolute atomic E-state index is 0.604. The van der Waals surface area contributed by atoms with E-state index in [2.05, 4.69) is 228 Å². The molecule has 6 nitrogen and oxygen atoms in total. The van der Waals surface area contributed by atoms with E-state index in [1.54, 1.807) is 0 Å². The predicted molar refractivity (Wildman–Crippen MR) is 285 cm³/mol. The van der Waals surface area contributed by atoms with E-state index in [-0.39, 0.29) is 0 Å². The van der Waals surface area contributed by atoms with Crippen LogP contribution >= 0.6 is 0 Å². The van der Waals surface area contributed by atoms with E-state index in [0.29, 0.717) is 17.5 Å². The van der Waals surface area contributed by atoms with Crippen LogP contribution < -0.4 is 0 Å². The quantitative estimate of drug-likeness (QED) is 0.162. The number of furan rings is 1. The average Bonchev–Trinajstić information content (AvgIpc) is 4.08. The summed E-state index contributed by atoms with van der Waals surface area (Å²) in [5.74, 6) is 1.82. The van der Waals surface area contributed by atoms with Crippen molar-refractivity contribution in [1.29, 1.82) is 0 Å². The van der Waals surface area contributed by atoms with Gasteiger partial charge in [-0.3, -0.25) is 0 Å². The summed E-state index contributed by atoms with van der Waals surface area (Å²) < 4.78 is 11.3. The number of para-hydroxylation sites is 5. The Balaban J connectivity index is 0.969. The van der Waals surface area contributed by atoms with Crippen LogP contribution in [0.4, 0.5) is 0 Å². The minimum Gasteiger partial charge on any atom is -0.455 e. The molecular weight excluding hydrogens is 843 g/mol. The van der Waals surface area contributed by atoms with Crippen LogP contribution in [-0.4, -0.2) is 24.1 Å². The molecule has 0 N–H and O–H groups in total. The van der Waals surface area contributed by atoms with Crippen LogP contribution in [0.15, 0.2) is 229 Å². The largest absolute Gasteiger partial charge is 0.455 e. The van der Waals surface area contributed by atoms with Crippen molar-refractivity contribution >= 4 is 97.9 Å². The van der Waals surface area contributed by atoms with Crippen molar-refractivity contribution < 1.29 is 4.42 Å². The molecule has 0 fully saturated rings. The zero-order chi connectivity index (χ0) is 45.2.